The van der Waals surface area contributed by atoms with E-state index in [1.807, 2.05) is 6.92 Å². The van der Waals surface area contributed by atoms with Crippen molar-refractivity contribution in [1.29, 1.82) is 0 Å². The molecule has 2 amide bonds. The van der Waals surface area contributed by atoms with Gasteiger partial charge in [-0.1, -0.05) is 0 Å². The molecular formula is C11H14Br2N2O2S. The zero-order valence-electron chi connectivity index (χ0n) is 10.4. The molecule has 1 rings (SSSR count). The van der Waals surface area contributed by atoms with Crippen LogP contribution in [0.1, 0.15) is 16.6 Å². The standard InChI is InChI=1S/C11H14Br2N2O2S/c1-4-15(6-9(16)14(2)3)11(17)8-5-7(12)10(13)18-8/h5H,4,6H2,1-3H3. The minimum absolute atomic E-state index is 0.0834. The second kappa shape index (κ2) is 6.68. The summed E-state index contributed by atoms with van der Waals surface area (Å²) in [5.74, 6) is -0.205. The second-order valence-corrected chi connectivity index (χ2v) is 7.06. The number of hydrogen-bond acceptors (Lipinski definition) is 3. The fourth-order valence-electron chi connectivity index (χ4n) is 1.24. The van der Waals surface area contributed by atoms with Crippen LogP contribution in [-0.4, -0.2) is 48.8 Å². The molecule has 0 aromatic carbocycles. The molecule has 1 aromatic rings. The number of nitrogens with zero attached hydrogens (tertiary/aromatic N) is 2. The number of carbonyl (C=O) groups is 2. The van der Waals surface area contributed by atoms with Crippen molar-refractivity contribution in [3.8, 4) is 0 Å². The van der Waals surface area contributed by atoms with Crippen LogP contribution in [0.3, 0.4) is 0 Å². The van der Waals surface area contributed by atoms with Gasteiger partial charge in [-0.15, -0.1) is 11.3 Å². The van der Waals surface area contributed by atoms with E-state index in [1.54, 1.807) is 20.2 Å². The van der Waals surface area contributed by atoms with E-state index in [4.69, 9.17) is 0 Å². The van der Waals surface area contributed by atoms with Crippen molar-refractivity contribution in [2.24, 2.45) is 0 Å². The van der Waals surface area contributed by atoms with Gasteiger partial charge in [0.05, 0.1) is 8.66 Å². The van der Waals surface area contributed by atoms with Crippen LogP contribution in [0.4, 0.5) is 0 Å². The maximum Gasteiger partial charge on any atom is 0.264 e. The average molecular weight is 398 g/mol. The molecule has 0 unspecified atom stereocenters. The Morgan fingerprint density at radius 1 is 1.33 bits per heavy atom. The fourth-order valence-corrected chi connectivity index (χ4v) is 3.24. The molecule has 0 fully saturated rings. The van der Waals surface area contributed by atoms with Crippen molar-refractivity contribution in [2.45, 2.75) is 6.92 Å². The van der Waals surface area contributed by atoms with E-state index in [0.717, 1.165) is 8.26 Å². The number of rotatable bonds is 4. The minimum Gasteiger partial charge on any atom is -0.347 e. The molecule has 0 aliphatic carbocycles. The lowest BCUT2D eigenvalue weighted by atomic mass is 10.3. The topological polar surface area (TPSA) is 40.6 Å². The van der Waals surface area contributed by atoms with Crippen LogP contribution in [-0.2, 0) is 4.79 Å². The Morgan fingerprint density at radius 2 is 1.94 bits per heavy atom. The SMILES string of the molecule is CCN(CC(=O)N(C)C)C(=O)c1cc(Br)c(Br)s1. The predicted octanol–water partition coefficient (Wildman–Crippen LogP) is 2.82. The average Bonchev–Trinajstić information content (AvgIpc) is 2.65. The highest BCUT2D eigenvalue weighted by Gasteiger charge is 2.20. The van der Waals surface area contributed by atoms with E-state index in [0.29, 0.717) is 11.4 Å². The fraction of sp³-hybridized carbons (Fsp3) is 0.455. The van der Waals surface area contributed by atoms with Gasteiger partial charge in [0.1, 0.15) is 6.54 Å². The number of amides is 2. The van der Waals surface area contributed by atoms with Crippen LogP contribution in [0.2, 0.25) is 0 Å². The van der Waals surface area contributed by atoms with Gasteiger partial charge in [0, 0.05) is 25.1 Å². The molecule has 1 aromatic heterocycles. The predicted molar refractivity (Wildman–Crippen MR) is 80.0 cm³/mol. The van der Waals surface area contributed by atoms with Crippen molar-refractivity contribution in [3.05, 3.63) is 19.2 Å². The highest BCUT2D eigenvalue weighted by Crippen LogP contribution is 2.32. The molecule has 0 radical (unpaired) electrons. The molecule has 0 N–H and O–H groups in total. The molecule has 0 atom stereocenters. The van der Waals surface area contributed by atoms with Crippen molar-refractivity contribution < 1.29 is 9.59 Å². The van der Waals surface area contributed by atoms with E-state index < -0.39 is 0 Å². The van der Waals surface area contributed by atoms with Gasteiger partial charge in [0.15, 0.2) is 0 Å². The number of thiophene rings is 1. The first kappa shape index (κ1) is 15.7. The quantitative estimate of drug-likeness (QED) is 0.783. The molecule has 0 saturated heterocycles. The molecule has 7 heteroatoms. The molecule has 0 aliphatic heterocycles. The van der Waals surface area contributed by atoms with Crippen molar-refractivity contribution in [2.75, 3.05) is 27.2 Å². The van der Waals surface area contributed by atoms with Crippen molar-refractivity contribution in [1.82, 2.24) is 9.80 Å². The summed E-state index contributed by atoms with van der Waals surface area (Å²) in [7, 11) is 3.36. The summed E-state index contributed by atoms with van der Waals surface area (Å²) >= 11 is 8.06. The highest BCUT2D eigenvalue weighted by atomic mass is 79.9. The van der Waals surface area contributed by atoms with Crippen molar-refractivity contribution >= 4 is 55.0 Å². The summed E-state index contributed by atoms with van der Waals surface area (Å²) in [5.41, 5.74) is 0. The third kappa shape index (κ3) is 3.80. The number of halogens is 2. The Hall–Kier alpha value is -0.400. The lowest BCUT2D eigenvalue weighted by molar-refractivity contribution is -0.129. The molecule has 18 heavy (non-hydrogen) atoms. The summed E-state index contributed by atoms with van der Waals surface area (Å²) in [6.45, 7) is 2.47. The molecule has 4 nitrogen and oxygen atoms in total. The van der Waals surface area contributed by atoms with Gasteiger partial charge in [-0.3, -0.25) is 9.59 Å². The number of likely N-dealkylation sites (N-methyl/N-ethyl adjacent to an activating group) is 2. The van der Waals surface area contributed by atoms with Crippen LogP contribution in [0, 0.1) is 0 Å². The normalized spacial score (nSPS) is 10.3. The van der Waals surface area contributed by atoms with Gasteiger partial charge < -0.3 is 9.80 Å². The van der Waals surface area contributed by atoms with Gasteiger partial charge in [0.25, 0.3) is 5.91 Å². The summed E-state index contributed by atoms with van der Waals surface area (Å²) < 4.78 is 1.73. The molecule has 0 spiro atoms. The summed E-state index contributed by atoms with van der Waals surface area (Å²) in [6, 6.07) is 1.76. The minimum atomic E-state index is -0.121. The van der Waals surface area contributed by atoms with Gasteiger partial charge >= 0.3 is 0 Å². The van der Waals surface area contributed by atoms with E-state index in [2.05, 4.69) is 31.9 Å². The lowest BCUT2D eigenvalue weighted by Crippen LogP contribution is -2.39. The summed E-state index contributed by atoms with van der Waals surface area (Å²) in [4.78, 5) is 27.5. The maximum atomic E-state index is 12.2. The Labute approximate surface area is 127 Å². The smallest absolute Gasteiger partial charge is 0.264 e. The van der Waals surface area contributed by atoms with E-state index in [1.165, 1.54) is 21.1 Å². The lowest BCUT2D eigenvalue weighted by Gasteiger charge is -2.21. The van der Waals surface area contributed by atoms with Gasteiger partial charge in [-0.2, -0.15) is 0 Å². The molecule has 100 valence electrons. The first-order valence-corrected chi connectivity index (χ1v) is 7.71. The summed E-state index contributed by atoms with van der Waals surface area (Å²) in [6.07, 6.45) is 0. The summed E-state index contributed by atoms with van der Waals surface area (Å²) in [5, 5.41) is 0. The Morgan fingerprint density at radius 3 is 2.33 bits per heavy atom. The monoisotopic (exact) mass is 396 g/mol. The van der Waals surface area contributed by atoms with Crippen LogP contribution in [0.15, 0.2) is 14.3 Å². The molecule has 0 aliphatic rings. The van der Waals surface area contributed by atoms with Gasteiger partial charge in [-0.25, -0.2) is 0 Å². The van der Waals surface area contributed by atoms with Gasteiger partial charge in [0.2, 0.25) is 5.91 Å². The van der Waals surface area contributed by atoms with Crippen LogP contribution < -0.4 is 0 Å². The second-order valence-electron chi connectivity index (χ2n) is 3.84. The van der Waals surface area contributed by atoms with Crippen LogP contribution >= 0.6 is 43.2 Å². The molecule has 0 saturated carbocycles. The van der Waals surface area contributed by atoms with Crippen LogP contribution in [0.5, 0.6) is 0 Å². The van der Waals surface area contributed by atoms with E-state index in [9.17, 15) is 9.59 Å². The molecule has 0 bridgehead atoms. The maximum absolute atomic E-state index is 12.2. The first-order valence-electron chi connectivity index (χ1n) is 5.31. The van der Waals surface area contributed by atoms with Crippen LogP contribution in [0.25, 0.3) is 0 Å². The Bertz CT molecular complexity index is 440. The molecule has 1 heterocycles. The first-order chi connectivity index (χ1) is 8.36. The van der Waals surface area contributed by atoms with E-state index >= 15 is 0 Å². The third-order valence-corrected chi connectivity index (χ3v) is 5.59. The molecular weight excluding hydrogens is 384 g/mol. The zero-order chi connectivity index (χ0) is 13.9. The highest BCUT2D eigenvalue weighted by molar-refractivity contribution is 9.13. The van der Waals surface area contributed by atoms with Crippen molar-refractivity contribution in [3.63, 3.8) is 0 Å². The Kier molecular flexibility index (Phi) is 5.81. The third-order valence-electron chi connectivity index (χ3n) is 2.35. The Balaban J connectivity index is 2.82. The largest absolute Gasteiger partial charge is 0.347 e. The zero-order valence-corrected chi connectivity index (χ0v) is 14.4. The van der Waals surface area contributed by atoms with Gasteiger partial charge in [-0.05, 0) is 44.8 Å². The van der Waals surface area contributed by atoms with E-state index in [-0.39, 0.29) is 18.4 Å². The number of carbonyl (C=O) groups excluding carboxylic acids is 2. The number of hydrogen-bond donors (Lipinski definition) is 0.